The molecule has 8 heteroatoms. The maximum Gasteiger partial charge on any atom is 0.249 e. The first-order valence-corrected chi connectivity index (χ1v) is 11.0. The highest BCUT2D eigenvalue weighted by Gasteiger charge is 2.74. The molecule has 5 atom stereocenters. The summed E-state index contributed by atoms with van der Waals surface area (Å²) < 4.78 is 6.67. The van der Waals surface area contributed by atoms with Gasteiger partial charge in [-0.1, -0.05) is 24.3 Å². The number of carbonyl (C=O) groups is 3. The van der Waals surface area contributed by atoms with Crippen molar-refractivity contribution in [2.75, 3.05) is 33.3 Å². The van der Waals surface area contributed by atoms with Gasteiger partial charge in [0.25, 0.3) is 0 Å². The van der Waals surface area contributed by atoms with Crippen LogP contribution in [0.3, 0.4) is 0 Å². The number of hydrogen-bond acceptors (Lipinski definition) is 5. The zero-order chi connectivity index (χ0) is 22.8. The lowest BCUT2D eigenvalue weighted by Crippen LogP contribution is -2.59. The molecule has 0 saturated carbocycles. The lowest BCUT2D eigenvalue weighted by atomic mass is 9.74. The third-order valence-electron chi connectivity index (χ3n) is 7.13. The Labute approximate surface area is 183 Å². The van der Waals surface area contributed by atoms with Gasteiger partial charge < -0.3 is 24.5 Å². The molecule has 4 rings (SSSR count). The number of hydrogen-bond donors (Lipinski definition) is 1. The highest BCUT2D eigenvalue weighted by Crippen LogP contribution is 2.57. The summed E-state index contributed by atoms with van der Waals surface area (Å²) in [7, 11) is 1.72. The minimum Gasteiger partial charge on any atom is -0.396 e. The number of ether oxygens (including phenoxy) is 1. The van der Waals surface area contributed by atoms with E-state index >= 15 is 0 Å². The maximum atomic E-state index is 13.9. The Morgan fingerprint density at radius 3 is 2.39 bits per heavy atom. The van der Waals surface area contributed by atoms with E-state index in [2.05, 4.69) is 0 Å². The van der Waals surface area contributed by atoms with E-state index in [-0.39, 0.29) is 30.9 Å². The molecular formula is C23H33N3O5. The van der Waals surface area contributed by atoms with E-state index in [1.807, 2.05) is 52.0 Å². The SMILES string of the molecule is CN1CC=C[C@@]2(C)O[C@]34C=CCN(C(C)(C)C)C(=O)C3N(CCCO)C(=O)[C@@H]4[C@H]2C1=O. The predicted octanol–water partition coefficient (Wildman–Crippen LogP) is 0.565. The van der Waals surface area contributed by atoms with Crippen LogP contribution in [0.5, 0.6) is 0 Å². The quantitative estimate of drug-likeness (QED) is 0.660. The Kier molecular flexibility index (Phi) is 5.09. The second-order valence-corrected chi connectivity index (χ2v) is 10.2. The summed E-state index contributed by atoms with van der Waals surface area (Å²) in [4.78, 5) is 46.0. The Bertz CT molecular complexity index is 862. The molecule has 3 amide bonds. The van der Waals surface area contributed by atoms with Crippen molar-refractivity contribution < 1.29 is 24.2 Å². The molecule has 1 N–H and O–H groups in total. The molecule has 0 aromatic heterocycles. The first-order valence-electron chi connectivity index (χ1n) is 11.0. The third kappa shape index (κ3) is 3.06. The van der Waals surface area contributed by atoms with Crippen LogP contribution in [-0.4, -0.2) is 93.6 Å². The molecule has 31 heavy (non-hydrogen) atoms. The average Bonchev–Trinajstić information content (AvgIpc) is 2.94. The number of rotatable bonds is 3. The van der Waals surface area contributed by atoms with Crippen molar-refractivity contribution in [1.29, 1.82) is 0 Å². The Hall–Kier alpha value is -2.19. The largest absolute Gasteiger partial charge is 0.396 e. The molecule has 0 aromatic rings. The monoisotopic (exact) mass is 431 g/mol. The first kappa shape index (κ1) is 22.0. The molecule has 170 valence electrons. The number of fused-ring (bicyclic) bond motifs is 2. The van der Waals surface area contributed by atoms with E-state index in [1.165, 1.54) is 0 Å². The van der Waals surface area contributed by atoms with Gasteiger partial charge in [-0.3, -0.25) is 14.4 Å². The smallest absolute Gasteiger partial charge is 0.249 e. The Morgan fingerprint density at radius 2 is 1.74 bits per heavy atom. The van der Waals surface area contributed by atoms with Crippen LogP contribution in [0.15, 0.2) is 24.3 Å². The number of amides is 3. The van der Waals surface area contributed by atoms with Crippen LogP contribution in [0, 0.1) is 11.8 Å². The fourth-order valence-electron chi connectivity index (χ4n) is 5.73. The van der Waals surface area contributed by atoms with Gasteiger partial charge in [0.2, 0.25) is 17.7 Å². The molecule has 0 aliphatic carbocycles. The van der Waals surface area contributed by atoms with Gasteiger partial charge in [0.1, 0.15) is 11.6 Å². The number of carbonyl (C=O) groups excluding carboxylic acids is 3. The molecule has 8 nitrogen and oxygen atoms in total. The predicted molar refractivity (Wildman–Crippen MR) is 114 cm³/mol. The van der Waals surface area contributed by atoms with E-state index in [0.717, 1.165) is 0 Å². The van der Waals surface area contributed by atoms with Crippen molar-refractivity contribution in [3.63, 3.8) is 0 Å². The standard InChI is InChI=1S/C23H33N3O5/c1-21(2,3)26-13-7-10-23-16(19(29)25(12-8-14-27)17(23)20(26)30)15-18(28)24(5)11-6-9-22(15,4)31-23/h6-7,9-10,15-17,27H,8,11-14H2,1-5H3/t15-,16-,17?,22+,23-/m0/s1. The van der Waals surface area contributed by atoms with E-state index in [0.29, 0.717) is 19.5 Å². The Morgan fingerprint density at radius 1 is 1.06 bits per heavy atom. The van der Waals surface area contributed by atoms with Crippen LogP contribution in [0.25, 0.3) is 0 Å². The molecule has 2 fully saturated rings. The molecule has 0 radical (unpaired) electrons. The zero-order valence-corrected chi connectivity index (χ0v) is 19.0. The van der Waals surface area contributed by atoms with E-state index in [9.17, 15) is 19.5 Å². The topological polar surface area (TPSA) is 90.4 Å². The van der Waals surface area contributed by atoms with E-state index in [4.69, 9.17) is 4.74 Å². The molecule has 1 spiro atoms. The summed E-state index contributed by atoms with van der Waals surface area (Å²) in [6.07, 6.45) is 7.87. The van der Waals surface area contributed by atoms with Crippen LogP contribution in [0.2, 0.25) is 0 Å². The van der Waals surface area contributed by atoms with Crippen molar-refractivity contribution in [2.45, 2.75) is 56.9 Å². The Balaban J connectivity index is 1.88. The molecule has 4 aliphatic heterocycles. The summed E-state index contributed by atoms with van der Waals surface area (Å²) in [6.45, 7) is 8.73. The fourth-order valence-corrected chi connectivity index (χ4v) is 5.73. The van der Waals surface area contributed by atoms with Gasteiger partial charge in [-0.25, -0.2) is 0 Å². The number of aliphatic hydroxyl groups is 1. The highest BCUT2D eigenvalue weighted by molar-refractivity contribution is 6.00. The van der Waals surface area contributed by atoms with E-state index < -0.39 is 34.6 Å². The van der Waals surface area contributed by atoms with Crippen LogP contribution < -0.4 is 0 Å². The first-order chi connectivity index (χ1) is 14.5. The van der Waals surface area contributed by atoms with Gasteiger partial charge in [-0.2, -0.15) is 0 Å². The number of nitrogens with zero attached hydrogens (tertiary/aromatic N) is 3. The normalized spacial score (nSPS) is 37.7. The third-order valence-corrected chi connectivity index (χ3v) is 7.13. The van der Waals surface area contributed by atoms with Gasteiger partial charge in [-0.05, 0) is 34.1 Å². The fraction of sp³-hybridized carbons (Fsp3) is 0.696. The van der Waals surface area contributed by atoms with Crippen molar-refractivity contribution in [3.8, 4) is 0 Å². The zero-order valence-electron chi connectivity index (χ0n) is 19.0. The summed E-state index contributed by atoms with van der Waals surface area (Å²) >= 11 is 0. The summed E-state index contributed by atoms with van der Waals surface area (Å²) in [5.74, 6) is -2.10. The van der Waals surface area contributed by atoms with Crippen molar-refractivity contribution in [2.24, 2.45) is 11.8 Å². The van der Waals surface area contributed by atoms with Crippen molar-refractivity contribution in [3.05, 3.63) is 24.3 Å². The lowest BCUT2D eigenvalue weighted by molar-refractivity contribution is -0.155. The number of aliphatic hydroxyl groups excluding tert-OH is 1. The summed E-state index contributed by atoms with van der Waals surface area (Å²) in [5.41, 5.74) is -2.65. The van der Waals surface area contributed by atoms with Gasteiger partial charge in [0, 0.05) is 38.8 Å². The second-order valence-electron chi connectivity index (χ2n) is 10.2. The number of likely N-dealkylation sites (tertiary alicyclic amines) is 1. The minimum absolute atomic E-state index is 0.0897. The molecule has 4 heterocycles. The van der Waals surface area contributed by atoms with Crippen LogP contribution in [-0.2, 0) is 19.1 Å². The van der Waals surface area contributed by atoms with Crippen LogP contribution in [0.4, 0.5) is 0 Å². The second kappa shape index (κ2) is 7.17. The van der Waals surface area contributed by atoms with Crippen molar-refractivity contribution >= 4 is 17.7 Å². The van der Waals surface area contributed by atoms with Crippen LogP contribution >= 0.6 is 0 Å². The molecule has 0 aromatic carbocycles. The van der Waals surface area contributed by atoms with Gasteiger partial charge in [0.05, 0.1) is 17.4 Å². The summed E-state index contributed by atoms with van der Waals surface area (Å²) in [5, 5.41) is 9.41. The average molecular weight is 432 g/mol. The molecule has 1 unspecified atom stereocenters. The van der Waals surface area contributed by atoms with Gasteiger partial charge in [0.15, 0.2) is 0 Å². The van der Waals surface area contributed by atoms with Gasteiger partial charge >= 0.3 is 0 Å². The highest BCUT2D eigenvalue weighted by atomic mass is 16.5. The van der Waals surface area contributed by atoms with Crippen LogP contribution in [0.1, 0.15) is 34.1 Å². The maximum absolute atomic E-state index is 13.9. The molecule has 4 aliphatic rings. The molecular weight excluding hydrogens is 398 g/mol. The van der Waals surface area contributed by atoms with E-state index in [1.54, 1.807) is 21.7 Å². The number of likely N-dealkylation sites (N-methyl/N-ethyl adjacent to an activating group) is 1. The summed E-state index contributed by atoms with van der Waals surface area (Å²) in [6, 6.07) is -0.871. The minimum atomic E-state index is -1.22. The van der Waals surface area contributed by atoms with Crippen molar-refractivity contribution in [1.82, 2.24) is 14.7 Å². The molecule has 2 saturated heterocycles. The lowest BCUT2D eigenvalue weighted by Gasteiger charge is -2.41. The van der Waals surface area contributed by atoms with Gasteiger partial charge in [-0.15, -0.1) is 0 Å². The molecule has 0 bridgehead atoms.